The fourth-order valence-electron chi connectivity index (χ4n) is 1.48. The second-order valence-corrected chi connectivity index (χ2v) is 4.55. The molecule has 0 atom stereocenters. The third kappa shape index (κ3) is 3.46. The summed E-state index contributed by atoms with van der Waals surface area (Å²) in [4.78, 5) is 3.97. The highest BCUT2D eigenvalue weighted by atomic mass is 79.9. The average Bonchev–Trinajstić information content (AvgIpc) is 2.33. The standard InChI is InChI=1S/C13H13BrN2O/c14-11-1-2-13(12(15)9-11)17-8-5-10-3-6-16-7-4-10/h1-4,6-7,9H,5,8,15H2. The number of ether oxygens (including phenoxy) is 1. The van der Waals surface area contributed by atoms with Crippen LogP contribution in [0.3, 0.4) is 0 Å². The lowest BCUT2D eigenvalue weighted by Gasteiger charge is -2.08. The van der Waals surface area contributed by atoms with E-state index in [1.165, 1.54) is 5.56 Å². The van der Waals surface area contributed by atoms with Gasteiger partial charge in [-0.05, 0) is 35.9 Å². The van der Waals surface area contributed by atoms with Gasteiger partial charge in [-0.15, -0.1) is 0 Å². The summed E-state index contributed by atoms with van der Waals surface area (Å²) < 4.78 is 6.58. The van der Waals surface area contributed by atoms with Crippen molar-refractivity contribution in [2.45, 2.75) is 6.42 Å². The molecule has 0 aliphatic rings. The summed E-state index contributed by atoms with van der Waals surface area (Å²) >= 11 is 3.36. The van der Waals surface area contributed by atoms with Gasteiger partial charge in [-0.3, -0.25) is 4.98 Å². The molecule has 0 fully saturated rings. The van der Waals surface area contributed by atoms with Crippen LogP contribution in [0.4, 0.5) is 5.69 Å². The minimum absolute atomic E-state index is 0.607. The van der Waals surface area contributed by atoms with Gasteiger partial charge in [0.15, 0.2) is 0 Å². The lowest BCUT2D eigenvalue weighted by atomic mass is 10.2. The first-order chi connectivity index (χ1) is 8.25. The first-order valence-corrected chi connectivity index (χ1v) is 6.12. The monoisotopic (exact) mass is 292 g/mol. The normalized spacial score (nSPS) is 10.2. The van der Waals surface area contributed by atoms with Crippen molar-refractivity contribution in [1.82, 2.24) is 4.98 Å². The molecule has 0 saturated heterocycles. The molecule has 2 aromatic rings. The van der Waals surface area contributed by atoms with E-state index in [2.05, 4.69) is 20.9 Å². The minimum Gasteiger partial charge on any atom is -0.491 e. The molecular formula is C13H13BrN2O. The molecule has 0 bridgehead atoms. The maximum atomic E-state index is 5.84. The van der Waals surface area contributed by atoms with Crippen molar-refractivity contribution in [2.75, 3.05) is 12.3 Å². The molecule has 1 aromatic carbocycles. The lowest BCUT2D eigenvalue weighted by molar-refractivity contribution is 0.323. The molecule has 1 aromatic heterocycles. The molecule has 2 rings (SSSR count). The number of nitrogens with two attached hydrogens (primary N) is 1. The van der Waals surface area contributed by atoms with E-state index in [1.807, 2.05) is 30.3 Å². The van der Waals surface area contributed by atoms with E-state index in [-0.39, 0.29) is 0 Å². The SMILES string of the molecule is Nc1cc(Br)ccc1OCCc1ccncc1. The van der Waals surface area contributed by atoms with Gasteiger partial charge in [0, 0.05) is 23.3 Å². The Bertz CT molecular complexity index is 488. The number of hydrogen-bond donors (Lipinski definition) is 1. The second-order valence-electron chi connectivity index (χ2n) is 3.64. The fraction of sp³-hybridized carbons (Fsp3) is 0.154. The number of rotatable bonds is 4. The Kier molecular flexibility index (Phi) is 3.98. The number of nitrogens with zero attached hydrogens (tertiary/aromatic N) is 1. The molecule has 0 spiro atoms. The minimum atomic E-state index is 0.607. The molecule has 0 saturated carbocycles. The molecule has 88 valence electrons. The van der Waals surface area contributed by atoms with Crippen molar-refractivity contribution in [2.24, 2.45) is 0 Å². The van der Waals surface area contributed by atoms with E-state index >= 15 is 0 Å². The number of halogens is 1. The van der Waals surface area contributed by atoms with Crippen LogP contribution < -0.4 is 10.5 Å². The summed E-state index contributed by atoms with van der Waals surface area (Å²) in [5, 5.41) is 0. The van der Waals surface area contributed by atoms with Gasteiger partial charge in [0.05, 0.1) is 12.3 Å². The Morgan fingerprint density at radius 3 is 2.65 bits per heavy atom. The smallest absolute Gasteiger partial charge is 0.142 e. The van der Waals surface area contributed by atoms with Crippen LogP contribution in [-0.2, 0) is 6.42 Å². The number of aromatic nitrogens is 1. The maximum absolute atomic E-state index is 5.84. The molecule has 0 radical (unpaired) electrons. The van der Waals surface area contributed by atoms with Gasteiger partial charge in [-0.1, -0.05) is 15.9 Å². The van der Waals surface area contributed by atoms with Crippen LogP contribution >= 0.6 is 15.9 Å². The van der Waals surface area contributed by atoms with E-state index in [0.29, 0.717) is 12.3 Å². The molecule has 3 nitrogen and oxygen atoms in total. The molecular weight excluding hydrogens is 280 g/mol. The summed E-state index contributed by atoms with van der Waals surface area (Å²) in [5.74, 6) is 0.724. The predicted octanol–water partition coefficient (Wildman–Crippen LogP) is 3.05. The van der Waals surface area contributed by atoms with Crippen molar-refractivity contribution < 1.29 is 4.74 Å². The summed E-state index contributed by atoms with van der Waals surface area (Å²) in [7, 11) is 0. The maximum Gasteiger partial charge on any atom is 0.142 e. The summed E-state index contributed by atoms with van der Waals surface area (Å²) in [6.07, 6.45) is 4.41. The number of nitrogen functional groups attached to an aromatic ring is 1. The summed E-state index contributed by atoms with van der Waals surface area (Å²) in [5.41, 5.74) is 7.69. The molecule has 0 unspecified atom stereocenters. The van der Waals surface area contributed by atoms with Crippen LogP contribution in [0.25, 0.3) is 0 Å². The third-order valence-electron chi connectivity index (χ3n) is 2.37. The molecule has 0 amide bonds. The Labute approximate surface area is 109 Å². The molecule has 2 N–H and O–H groups in total. The molecule has 17 heavy (non-hydrogen) atoms. The van der Waals surface area contributed by atoms with Crippen LogP contribution in [0, 0.1) is 0 Å². The van der Waals surface area contributed by atoms with Crippen molar-refractivity contribution in [1.29, 1.82) is 0 Å². The Balaban J connectivity index is 1.90. The highest BCUT2D eigenvalue weighted by molar-refractivity contribution is 9.10. The van der Waals surface area contributed by atoms with Crippen molar-refractivity contribution in [3.8, 4) is 5.75 Å². The summed E-state index contributed by atoms with van der Waals surface area (Å²) in [6, 6.07) is 9.58. The predicted molar refractivity (Wildman–Crippen MR) is 72.0 cm³/mol. The van der Waals surface area contributed by atoms with Crippen molar-refractivity contribution >= 4 is 21.6 Å². The van der Waals surface area contributed by atoms with Gasteiger partial charge in [0.1, 0.15) is 5.75 Å². The zero-order chi connectivity index (χ0) is 12.1. The average molecular weight is 293 g/mol. The van der Waals surface area contributed by atoms with Gasteiger partial charge in [-0.25, -0.2) is 0 Å². The summed E-state index contributed by atoms with van der Waals surface area (Å²) in [6.45, 7) is 0.607. The Morgan fingerprint density at radius 1 is 1.18 bits per heavy atom. The van der Waals surface area contributed by atoms with E-state index < -0.39 is 0 Å². The highest BCUT2D eigenvalue weighted by Gasteiger charge is 2.01. The first kappa shape index (κ1) is 11.9. The Hall–Kier alpha value is -1.55. The zero-order valence-corrected chi connectivity index (χ0v) is 10.9. The molecule has 4 heteroatoms. The number of anilines is 1. The van der Waals surface area contributed by atoms with Crippen LogP contribution in [0.5, 0.6) is 5.75 Å². The largest absolute Gasteiger partial charge is 0.491 e. The van der Waals surface area contributed by atoms with Crippen LogP contribution in [0.15, 0.2) is 47.2 Å². The quantitative estimate of drug-likeness (QED) is 0.881. The van der Waals surface area contributed by atoms with E-state index in [4.69, 9.17) is 10.5 Å². The van der Waals surface area contributed by atoms with E-state index in [9.17, 15) is 0 Å². The zero-order valence-electron chi connectivity index (χ0n) is 9.27. The fourth-order valence-corrected chi connectivity index (χ4v) is 1.86. The van der Waals surface area contributed by atoms with Gasteiger partial charge < -0.3 is 10.5 Å². The van der Waals surface area contributed by atoms with Crippen molar-refractivity contribution in [3.63, 3.8) is 0 Å². The van der Waals surface area contributed by atoms with Gasteiger partial charge in [-0.2, -0.15) is 0 Å². The van der Waals surface area contributed by atoms with Gasteiger partial charge >= 0.3 is 0 Å². The number of pyridine rings is 1. The highest BCUT2D eigenvalue weighted by Crippen LogP contribution is 2.25. The topological polar surface area (TPSA) is 48.1 Å². The van der Waals surface area contributed by atoms with Gasteiger partial charge in [0.2, 0.25) is 0 Å². The number of hydrogen-bond acceptors (Lipinski definition) is 3. The third-order valence-corrected chi connectivity index (χ3v) is 2.86. The molecule has 1 heterocycles. The van der Waals surface area contributed by atoms with Crippen LogP contribution in [-0.4, -0.2) is 11.6 Å². The van der Waals surface area contributed by atoms with Gasteiger partial charge in [0.25, 0.3) is 0 Å². The van der Waals surface area contributed by atoms with Crippen molar-refractivity contribution in [3.05, 3.63) is 52.8 Å². The second kappa shape index (κ2) is 5.68. The molecule has 0 aliphatic carbocycles. The number of benzene rings is 1. The van der Waals surface area contributed by atoms with E-state index in [0.717, 1.165) is 16.6 Å². The van der Waals surface area contributed by atoms with E-state index in [1.54, 1.807) is 12.4 Å². The van der Waals surface area contributed by atoms with Crippen LogP contribution in [0.1, 0.15) is 5.56 Å². The first-order valence-electron chi connectivity index (χ1n) is 5.32. The Morgan fingerprint density at radius 2 is 1.94 bits per heavy atom. The lowest BCUT2D eigenvalue weighted by Crippen LogP contribution is -2.03. The molecule has 0 aliphatic heterocycles. The van der Waals surface area contributed by atoms with Crippen LogP contribution in [0.2, 0.25) is 0 Å².